The van der Waals surface area contributed by atoms with Crippen molar-refractivity contribution >= 4 is 23.0 Å². The van der Waals surface area contributed by atoms with E-state index in [2.05, 4.69) is 10.1 Å². The molecule has 0 spiro atoms. The molecule has 3 N–H and O–H groups in total. The van der Waals surface area contributed by atoms with Gasteiger partial charge in [-0.1, -0.05) is 24.3 Å². The second-order valence-corrected chi connectivity index (χ2v) is 4.49. The molecule has 2 aromatic carbocycles. The highest BCUT2D eigenvalue weighted by Gasteiger charge is 2.02. The molecule has 2 aromatic rings. The molecule has 2 rings (SSSR count). The Morgan fingerprint density at radius 1 is 1.15 bits per heavy atom. The molecule has 0 aliphatic rings. The fraction of sp³-hybridized carbons (Fsp3) is 0.188. The molecule has 0 aromatic heterocycles. The highest BCUT2D eigenvalue weighted by Crippen LogP contribution is 2.22. The van der Waals surface area contributed by atoms with Crippen LogP contribution in [-0.2, 0) is 16.0 Å². The Morgan fingerprint density at radius 2 is 1.85 bits per heavy atom. The van der Waals surface area contributed by atoms with Crippen molar-refractivity contribution in [3.05, 3.63) is 54.1 Å². The van der Waals surface area contributed by atoms with Crippen molar-refractivity contribution in [2.45, 2.75) is 12.8 Å². The topological polar surface area (TPSA) is 64.3 Å². The van der Waals surface area contributed by atoms with Gasteiger partial charge in [0.15, 0.2) is 0 Å². The van der Waals surface area contributed by atoms with Crippen molar-refractivity contribution in [3.8, 4) is 0 Å². The monoisotopic (exact) mass is 270 g/mol. The number of nitrogens with two attached hydrogens (primary N) is 1. The molecule has 0 heterocycles. The van der Waals surface area contributed by atoms with E-state index < -0.39 is 0 Å². The third-order valence-electron chi connectivity index (χ3n) is 3.04. The number of rotatable bonds is 5. The fourth-order valence-electron chi connectivity index (χ4n) is 1.87. The number of methoxy groups -OCH3 is 1. The largest absolute Gasteiger partial charge is 0.469 e. The first-order valence-electron chi connectivity index (χ1n) is 6.46. The average molecular weight is 270 g/mol. The van der Waals surface area contributed by atoms with Gasteiger partial charge in [0.1, 0.15) is 0 Å². The van der Waals surface area contributed by atoms with Gasteiger partial charge in [0.25, 0.3) is 0 Å². The molecule has 104 valence electrons. The summed E-state index contributed by atoms with van der Waals surface area (Å²) in [4.78, 5) is 11.1. The Hall–Kier alpha value is -2.49. The molecule has 0 saturated carbocycles. The number of aryl methyl sites for hydroxylation is 1. The molecular weight excluding hydrogens is 252 g/mol. The number of ether oxygens (including phenoxy) is 1. The van der Waals surface area contributed by atoms with Crippen molar-refractivity contribution in [2.24, 2.45) is 0 Å². The van der Waals surface area contributed by atoms with Gasteiger partial charge in [-0.2, -0.15) is 0 Å². The Bertz CT molecular complexity index is 579. The van der Waals surface area contributed by atoms with E-state index in [0.717, 1.165) is 16.9 Å². The summed E-state index contributed by atoms with van der Waals surface area (Å²) in [6.07, 6.45) is 1.08. The van der Waals surface area contributed by atoms with E-state index in [1.807, 2.05) is 48.5 Å². The fourth-order valence-corrected chi connectivity index (χ4v) is 1.87. The first-order chi connectivity index (χ1) is 9.69. The van der Waals surface area contributed by atoms with Crippen LogP contribution in [0.15, 0.2) is 48.5 Å². The lowest BCUT2D eigenvalue weighted by atomic mass is 10.1. The standard InChI is InChI=1S/C16H18N2O2/c1-20-16(19)11-8-12-6-9-13(10-7-12)18-15-5-3-2-4-14(15)17/h2-7,9-10,18H,8,11,17H2,1H3. The van der Waals surface area contributed by atoms with Crippen LogP contribution in [0.1, 0.15) is 12.0 Å². The summed E-state index contributed by atoms with van der Waals surface area (Å²) >= 11 is 0. The van der Waals surface area contributed by atoms with Crippen LogP contribution in [0.25, 0.3) is 0 Å². The lowest BCUT2D eigenvalue weighted by molar-refractivity contribution is -0.140. The lowest BCUT2D eigenvalue weighted by Gasteiger charge is -2.09. The Labute approximate surface area is 118 Å². The Kier molecular flexibility index (Phi) is 4.60. The van der Waals surface area contributed by atoms with Crippen LogP contribution in [0.3, 0.4) is 0 Å². The SMILES string of the molecule is COC(=O)CCc1ccc(Nc2ccccc2N)cc1. The van der Waals surface area contributed by atoms with Crippen LogP contribution < -0.4 is 11.1 Å². The molecule has 0 atom stereocenters. The van der Waals surface area contributed by atoms with E-state index >= 15 is 0 Å². The van der Waals surface area contributed by atoms with Crippen molar-refractivity contribution in [3.63, 3.8) is 0 Å². The first-order valence-corrected chi connectivity index (χ1v) is 6.46. The molecule has 4 nitrogen and oxygen atoms in total. The number of esters is 1. The predicted octanol–water partition coefficient (Wildman–Crippen LogP) is 3.12. The minimum Gasteiger partial charge on any atom is -0.469 e. The number of hydrogen-bond donors (Lipinski definition) is 2. The van der Waals surface area contributed by atoms with Gasteiger partial charge in [-0.3, -0.25) is 4.79 Å². The third kappa shape index (κ3) is 3.75. The van der Waals surface area contributed by atoms with Crippen LogP contribution in [0.4, 0.5) is 17.1 Å². The zero-order valence-electron chi connectivity index (χ0n) is 11.4. The maximum Gasteiger partial charge on any atom is 0.305 e. The highest BCUT2D eigenvalue weighted by atomic mass is 16.5. The van der Waals surface area contributed by atoms with Gasteiger partial charge in [0.05, 0.1) is 18.5 Å². The van der Waals surface area contributed by atoms with E-state index in [9.17, 15) is 4.79 Å². The normalized spacial score (nSPS) is 10.1. The smallest absolute Gasteiger partial charge is 0.305 e. The van der Waals surface area contributed by atoms with Crippen LogP contribution in [-0.4, -0.2) is 13.1 Å². The number of carbonyl (C=O) groups excluding carboxylic acids is 1. The number of nitrogen functional groups attached to an aromatic ring is 1. The molecule has 0 saturated heterocycles. The molecule has 20 heavy (non-hydrogen) atoms. The number of carbonyl (C=O) groups is 1. The molecular formula is C16H18N2O2. The van der Waals surface area contributed by atoms with Gasteiger partial charge in [-0.05, 0) is 36.2 Å². The molecule has 0 amide bonds. The number of anilines is 3. The van der Waals surface area contributed by atoms with Crippen LogP contribution in [0.5, 0.6) is 0 Å². The second-order valence-electron chi connectivity index (χ2n) is 4.49. The number of nitrogens with one attached hydrogen (secondary N) is 1. The van der Waals surface area contributed by atoms with Crippen molar-refractivity contribution in [2.75, 3.05) is 18.2 Å². The van der Waals surface area contributed by atoms with E-state index in [0.29, 0.717) is 18.5 Å². The van der Waals surface area contributed by atoms with Crippen LogP contribution in [0.2, 0.25) is 0 Å². The Morgan fingerprint density at radius 3 is 2.50 bits per heavy atom. The highest BCUT2D eigenvalue weighted by molar-refractivity contribution is 5.72. The zero-order chi connectivity index (χ0) is 14.4. The maximum atomic E-state index is 11.1. The van der Waals surface area contributed by atoms with E-state index in [4.69, 9.17) is 5.73 Å². The van der Waals surface area contributed by atoms with Gasteiger partial charge in [0.2, 0.25) is 0 Å². The summed E-state index contributed by atoms with van der Waals surface area (Å²) in [6, 6.07) is 15.5. The quantitative estimate of drug-likeness (QED) is 0.647. The maximum absolute atomic E-state index is 11.1. The number of para-hydroxylation sites is 2. The first kappa shape index (κ1) is 13.9. The molecule has 4 heteroatoms. The van der Waals surface area contributed by atoms with Crippen LogP contribution in [0, 0.1) is 0 Å². The van der Waals surface area contributed by atoms with Crippen molar-refractivity contribution < 1.29 is 9.53 Å². The van der Waals surface area contributed by atoms with E-state index in [1.54, 1.807) is 0 Å². The summed E-state index contributed by atoms with van der Waals surface area (Å²) in [5.74, 6) is -0.190. The van der Waals surface area contributed by atoms with Gasteiger partial charge in [0, 0.05) is 12.1 Å². The summed E-state index contributed by atoms with van der Waals surface area (Å²) in [5, 5.41) is 3.26. The molecule has 0 radical (unpaired) electrons. The van der Waals surface area contributed by atoms with Gasteiger partial charge in [-0.15, -0.1) is 0 Å². The van der Waals surface area contributed by atoms with Gasteiger partial charge < -0.3 is 15.8 Å². The number of hydrogen-bond acceptors (Lipinski definition) is 4. The molecule has 0 bridgehead atoms. The van der Waals surface area contributed by atoms with Gasteiger partial charge in [-0.25, -0.2) is 0 Å². The average Bonchev–Trinajstić information content (AvgIpc) is 2.48. The lowest BCUT2D eigenvalue weighted by Crippen LogP contribution is -2.02. The summed E-state index contributed by atoms with van der Waals surface area (Å²) in [5.41, 5.74) is 9.54. The predicted molar refractivity (Wildman–Crippen MR) is 80.9 cm³/mol. The molecule has 0 unspecified atom stereocenters. The zero-order valence-corrected chi connectivity index (χ0v) is 11.4. The van der Waals surface area contributed by atoms with Crippen molar-refractivity contribution in [1.29, 1.82) is 0 Å². The number of benzene rings is 2. The van der Waals surface area contributed by atoms with Crippen molar-refractivity contribution in [1.82, 2.24) is 0 Å². The summed E-state index contributed by atoms with van der Waals surface area (Å²) < 4.78 is 4.62. The van der Waals surface area contributed by atoms with E-state index in [1.165, 1.54) is 7.11 Å². The summed E-state index contributed by atoms with van der Waals surface area (Å²) in [6.45, 7) is 0. The van der Waals surface area contributed by atoms with E-state index in [-0.39, 0.29) is 5.97 Å². The summed E-state index contributed by atoms with van der Waals surface area (Å²) in [7, 11) is 1.40. The van der Waals surface area contributed by atoms with Crippen LogP contribution >= 0.6 is 0 Å². The van der Waals surface area contributed by atoms with Gasteiger partial charge >= 0.3 is 5.97 Å². The molecule has 0 aliphatic carbocycles. The second kappa shape index (κ2) is 6.61. The minimum absolute atomic E-state index is 0.190. The molecule has 0 aliphatic heterocycles. The minimum atomic E-state index is -0.190. The Balaban J connectivity index is 1.98. The molecule has 0 fully saturated rings. The third-order valence-corrected chi connectivity index (χ3v) is 3.04.